The summed E-state index contributed by atoms with van der Waals surface area (Å²) >= 11 is 0. The van der Waals surface area contributed by atoms with E-state index in [1.807, 2.05) is 41.5 Å². The van der Waals surface area contributed by atoms with Gasteiger partial charge in [0.15, 0.2) is 11.6 Å². The Balaban J connectivity index is 0.00000163. The highest BCUT2D eigenvalue weighted by Gasteiger charge is 2.56. The summed E-state index contributed by atoms with van der Waals surface area (Å²) in [6.07, 6.45) is 0.657. The van der Waals surface area contributed by atoms with Crippen molar-refractivity contribution in [3.8, 4) is 0 Å². The van der Waals surface area contributed by atoms with Gasteiger partial charge in [-0.2, -0.15) is 0 Å². The minimum atomic E-state index is -1.01. The van der Waals surface area contributed by atoms with Crippen molar-refractivity contribution < 1.29 is 18.4 Å². The van der Waals surface area contributed by atoms with Crippen molar-refractivity contribution in [2.75, 3.05) is 0 Å². The van der Waals surface area contributed by atoms with Gasteiger partial charge in [0.1, 0.15) is 5.54 Å². The molecule has 1 fully saturated rings. The van der Waals surface area contributed by atoms with Gasteiger partial charge in [-0.15, -0.1) is 0 Å². The van der Waals surface area contributed by atoms with Crippen LogP contribution in [0.1, 0.15) is 60.5 Å². The number of urea groups is 1. The van der Waals surface area contributed by atoms with Crippen molar-refractivity contribution in [3.63, 3.8) is 0 Å². The Kier molecular flexibility index (Phi) is 7.30. The van der Waals surface area contributed by atoms with E-state index in [9.17, 15) is 18.4 Å². The summed E-state index contributed by atoms with van der Waals surface area (Å²) in [6, 6.07) is 2.95. The van der Waals surface area contributed by atoms with Crippen LogP contribution in [0.4, 0.5) is 13.6 Å². The van der Waals surface area contributed by atoms with Gasteiger partial charge in [-0.25, -0.2) is 13.6 Å². The number of rotatable bonds is 5. The van der Waals surface area contributed by atoms with Crippen molar-refractivity contribution in [2.24, 2.45) is 5.92 Å². The summed E-state index contributed by atoms with van der Waals surface area (Å²) in [5, 5.41) is 0. The fraction of sp³-hybridized carbons (Fsp3) is 0.600. The zero-order valence-electron chi connectivity index (χ0n) is 16.8. The quantitative estimate of drug-likeness (QED) is 0.689. The van der Waals surface area contributed by atoms with Crippen LogP contribution in [0.15, 0.2) is 18.2 Å². The fourth-order valence-electron chi connectivity index (χ4n) is 2.96. The maximum Gasteiger partial charge on any atom is 0.328 e. The monoisotopic (exact) mass is 368 g/mol. The molecule has 0 aromatic heterocycles. The van der Waals surface area contributed by atoms with E-state index in [2.05, 4.69) is 0 Å². The molecule has 0 radical (unpaired) electrons. The Bertz CT molecular complexity index is 663. The van der Waals surface area contributed by atoms with Crippen LogP contribution in [0.25, 0.3) is 0 Å². The highest BCUT2D eigenvalue weighted by Crippen LogP contribution is 2.37. The number of hydrogen-bond acceptors (Lipinski definition) is 2. The Hall–Kier alpha value is -1.98. The molecule has 6 heteroatoms. The van der Waals surface area contributed by atoms with Crippen LogP contribution in [-0.2, 0) is 11.3 Å². The molecule has 2 atom stereocenters. The molecule has 26 heavy (non-hydrogen) atoms. The minimum Gasteiger partial charge on any atom is -0.305 e. The lowest BCUT2D eigenvalue weighted by Gasteiger charge is -2.35. The SMILES string of the molecule is CC.CCC(C)N1C(=O)N(Cc2ccc(F)c(F)c2)C(C)(C(C)C)C1=O. The summed E-state index contributed by atoms with van der Waals surface area (Å²) < 4.78 is 26.6. The number of hydrogen-bond donors (Lipinski definition) is 0. The highest BCUT2D eigenvalue weighted by molar-refractivity contribution is 6.07. The van der Waals surface area contributed by atoms with E-state index >= 15 is 0 Å². The second-order valence-electron chi connectivity index (χ2n) is 6.85. The molecule has 0 aliphatic carbocycles. The van der Waals surface area contributed by atoms with Crippen LogP contribution in [0, 0.1) is 17.6 Å². The first-order chi connectivity index (χ1) is 12.1. The summed E-state index contributed by atoms with van der Waals surface area (Å²) in [7, 11) is 0. The molecule has 1 aliphatic rings. The number of amides is 3. The molecule has 0 spiro atoms. The molecule has 4 nitrogen and oxygen atoms in total. The molecular formula is C20H30F2N2O2. The number of nitrogens with zero attached hydrogens (tertiary/aromatic N) is 2. The number of benzene rings is 1. The van der Waals surface area contributed by atoms with E-state index in [-0.39, 0.29) is 30.4 Å². The standard InChI is InChI=1S/C18H24F2N2O2.C2H6/c1-6-12(4)22-16(23)18(5,11(2)3)21(17(22)24)10-13-7-8-14(19)15(20)9-13;1-2/h7-9,11-12H,6,10H2,1-5H3;1-2H3. The summed E-state index contributed by atoms with van der Waals surface area (Å²) in [5.74, 6) is -2.25. The normalized spacial score (nSPS) is 21.2. The number of halogens is 2. The molecular weight excluding hydrogens is 338 g/mol. The van der Waals surface area contributed by atoms with Gasteiger partial charge in [-0.3, -0.25) is 9.69 Å². The number of carbonyl (C=O) groups is 2. The predicted molar refractivity (Wildman–Crippen MR) is 98.5 cm³/mol. The van der Waals surface area contributed by atoms with Gasteiger partial charge >= 0.3 is 6.03 Å². The molecule has 1 aromatic rings. The third kappa shape index (κ3) is 3.74. The zero-order chi connectivity index (χ0) is 20.2. The highest BCUT2D eigenvalue weighted by atomic mass is 19.2. The Morgan fingerprint density at radius 3 is 2.12 bits per heavy atom. The largest absolute Gasteiger partial charge is 0.328 e. The fourth-order valence-corrected chi connectivity index (χ4v) is 2.96. The zero-order valence-corrected chi connectivity index (χ0v) is 16.8. The molecule has 1 aromatic carbocycles. The van der Waals surface area contributed by atoms with Crippen molar-refractivity contribution in [3.05, 3.63) is 35.4 Å². The Morgan fingerprint density at radius 2 is 1.65 bits per heavy atom. The van der Waals surface area contributed by atoms with Crippen molar-refractivity contribution >= 4 is 11.9 Å². The van der Waals surface area contributed by atoms with Crippen LogP contribution in [0.5, 0.6) is 0 Å². The van der Waals surface area contributed by atoms with Crippen LogP contribution in [-0.4, -0.2) is 33.3 Å². The molecule has 1 aliphatic heterocycles. The van der Waals surface area contributed by atoms with E-state index in [0.29, 0.717) is 12.0 Å². The van der Waals surface area contributed by atoms with Gasteiger partial charge in [-0.1, -0.05) is 40.7 Å². The molecule has 146 valence electrons. The molecule has 1 saturated heterocycles. The molecule has 0 saturated carbocycles. The Labute approximate surface area is 155 Å². The third-order valence-electron chi connectivity index (χ3n) is 5.13. The van der Waals surface area contributed by atoms with Crippen molar-refractivity contribution in [1.82, 2.24) is 9.80 Å². The molecule has 0 N–H and O–H groups in total. The maximum absolute atomic E-state index is 13.5. The van der Waals surface area contributed by atoms with E-state index in [4.69, 9.17) is 0 Å². The Morgan fingerprint density at radius 1 is 1.08 bits per heavy atom. The second kappa shape index (κ2) is 8.60. The van der Waals surface area contributed by atoms with Crippen molar-refractivity contribution in [1.29, 1.82) is 0 Å². The lowest BCUT2D eigenvalue weighted by atomic mass is 9.86. The first kappa shape index (κ1) is 22.1. The smallest absolute Gasteiger partial charge is 0.305 e. The molecule has 2 unspecified atom stereocenters. The predicted octanol–water partition coefficient (Wildman–Crippen LogP) is 4.97. The number of carbonyl (C=O) groups excluding carboxylic acids is 2. The second-order valence-corrected chi connectivity index (χ2v) is 6.85. The molecule has 0 bridgehead atoms. The van der Waals surface area contributed by atoms with Gasteiger partial charge in [-0.05, 0) is 43.9 Å². The van der Waals surface area contributed by atoms with Gasteiger partial charge in [0.25, 0.3) is 5.91 Å². The topological polar surface area (TPSA) is 40.6 Å². The van der Waals surface area contributed by atoms with Crippen LogP contribution in [0.2, 0.25) is 0 Å². The van der Waals surface area contributed by atoms with Crippen LogP contribution >= 0.6 is 0 Å². The van der Waals surface area contributed by atoms with E-state index < -0.39 is 17.2 Å². The van der Waals surface area contributed by atoms with Crippen LogP contribution in [0.3, 0.4) is 0 Å². The molecule has 1 heterocycles. The van der Waals surface area contributed by atoms with Gasteiger partial charge in [0.05, 0.1) is 0 Å². The lowest BCUT2D eigenvalue weighted by molar-refractivity contribution is -0.135. The lowest BCUT2D eigenvalue weighted by Crippen LogP contribution is -2.51. The first-order valence-electron chi connectivity index (χ1n) is 9.23. The van der Waals surface area contributed by atoms with Crippen LogP contribution < -0.4 is 0 Å². The van der Waals surface area contributed by atoms with Gasteiger partial charge in [0.2, 0.25) is 0 Å². The average molecular weight is 368 g/mol. The average Bonchev–Trinajstić information content (AvgIpc) is 2.81. The van der Waals surface area contributed by atoms with E-state index in [1.165, 1.54) is 15.9 Å². The van der Waals surface area contributed by atoms with Gasteiger partial charge < -0.3 is 4.90 Å². The summed E-state index contributed by atoms with van der Waals surface area (Å²) in [4.78, 5) is 28.5. The van der Waals surface area contributed by atoms with Crippen molar-refractivity contribution in [2.45, 2.75) is 73.0 Å². The van der Waals surface area contributed by atoms with E-state index in [0.717, 1.165) is 12.1 Å². The maximum atomic E-state index is 13.5. The minimum absolute atomic E-state index is 0.0589. The van der Waals surface area contributed by atoms with Gasteiger partial charge in [0, 0.05) is 12.6 Å². The van der Waals surface area contributed by atoms with E-state index in [1.54, 1.807) is 6.92 Å². The third-order valence-corrected chi connectivity index (χ3v) is 5.13. The molecule has 3 amide bonds. The first-order valence-corrected chi connectivity index (χ1v) is 9.23. The molecule has 2 rings (SSSR count). The summed E-state index contributed by atoms with van der Waals surface area (Å²) in [5.41, 5.74) is -0.557. The summed E-state index contributed by atoms with van der Waals surface area (Å²) in [6.45, 7) is 13.3. The number of imide groups is 1.